The summed E-state index contributed by atoms with van der Waals surface area (Å²) >= 11 is 0. The second kappa shape index (κ2) is 14.0. The van der Waals surface area contributed by atoms with Crippen LogP contribution < -0.4 is 5.32 Å². The first-order valence-corrected chi connectivity index (χ1v) is 10.8. The number of ether oxygens (including phenoxy) is 3. The highest BCUT2D eigenvalue weighted by molar-refractivity contribution is 5.96. The van der Waals surface area contributed by atoms with E-state index in [0.717, 1.165) is 12.1 Å². The summed E-state index contributed by atoms with van der Waals surface area (Å²) in [5.41, 5.74) is -0.224. The summed E-state index contributed by atoms with van der Waals surface area (Å²) in [6.45, 7) is 0.0620. The van der Waals surface area contributed by atoms with Crippen molar-refractivity contribution >= 4 is 29.3 Å². The fourth-order valence-corrected chi connectivity index (χ4v) is 2.90. The predicted octanol–water partition coefficient (Wildman–Crippen LogP) is 4.81. The number of alkyl halides is 3. The molecule has 2 aromatic carbocycles. The fourth-order valence-electron chi connectivity index (χ4n) is 2.90. The Hall–Kier alpha value is -3.60. The van der Waals surface area contributed by atoms with Crippen molar-refractivity contribution in [3.63, 3.8) is 0 Å². The van der Waals surface area contributed by atoms with Crippen molar-refractivity contribution in [1.82, 2.24) is 0 Å². The van der Waals surface area contributed by atoms with Gasteiger partial charge in [-0.05, 0) is 43.2 Å². The summed E-state index contributed by atoms with van der Waals surface area (Å²) in [5, 5.41) is 11.3. The van der Waals surface area contributed by atoms with Crippen molar-refractivity contribution in [2.75, 3.05) is 31.7 Å². The lowest BCUT2D eigenvalue weighted by Gasteiger charge is -2.13. The van der Waals surface area contributed by atoms with Gasteiger partial charge >= 0.3 is 24.1 Å². The zero-order chi connectivity index (χ0) is 25.7. The number of carboxylic acids is 1. The third-order valence-corrected chi connectivity index (χ3v) is 4.59. The molecule has 2 aromatic rings. The number of carbonyl (C=O) groups is 3. The van der Waals surface area contributed by atoms with Crippen LogP contribution in [-0.2, 0) is 30.0 Å². The molecule has 8 nitrogen and oxygen atoms in total. The summed E-state index contributed by atoms with van der Waals surface area (Å²) in [6.07, 6.45) is -3.55. The Morgan fingerprint density at radius 1 is 0.857 bits per heavy atom. The molecule has 2 N–H and O–H groups in total. The first-order chi connectivity index (χ1) is 16.7. The van der Waals surface area contributed by atoms with Gasteiger partial charge in [-0.2, -0.15) is 13.2 Å². The first-order valence-electron chi connectivity index (χ1n) is 10.8. The number of hydrogen-bond donors (Lipinski definition) is 2. The summed E-state index contributed by atoms with van der Waals surface area (Å²) in [7, 11) is 0. The summed E-state index contributed by atoms with van der Waals surface area (Å²) in [5.74, 6) is -2.05. The summed E-state index contributed by atoms with van der Waals surface area (Å²) in [4.78, 5) is 34.3. The topological polar surface area (TPSA) is 111 Å². The smallest absolute Gasteiger partial charge is 0.416 e. The molecule has 0 fully saturated rings. The predicted molar refractivity (Wildman–Crippen MR) is 119 cm³/mol. The van der Waals surface area contributed by atoms with Crippen molar-refractivity contribution in [3.8, 4) is 0 Å². The van der Waals surface area contributed by atoms with Crippen molar-refractivity contribution in [1.29, 1.82) is 0 Å². The molecule has 11 heteroatoms. The number of nitrogens with one attached hydrogen (secondary N) is 1. The van der Waals surface area contributed by atoms with E-state index in [1.807, 2.05) is 0 Å². The number of anilines is 2. The van der Waals surface area contributed by atoms with Crippen LogP contribution in [0.4, 0.5) is 24.5 Å². The van der Waals surface area contributed by atoms with Crippen LogP contribution in [0.15, 0.2) is 48.5 Å². The number of carbonyl (C=O) groups excluding carboxylic acids is 2. The van der Waals surface area contributed by atoms with E-state index in [4.69, 9.17) is 19.3 Å². The van der Waals surface area contributed by atoms with Crippen LogP contribution in [0.3, 0.4) is 0 Å². The van der Waals surface area contributed by atoms with Gasteiger partial charge < -0.3 is 24.6 Å². The Morgan fingerprint density at radius 3 is 2.26 bits per heavy atom. The second-order valence-corrected chi connectivity index (χ2v) is 7.32. The van der Waals surface area contributed by atoms with Gasteiger partial charge in [0.05, 0.1) is 30.0 Å². The summed E-state index contributed by atoms with van der Waals surface area (Å²) < 4.78 is 54.2. The molecule has 0 radical (unpaired) electrons. The van der Waals surface area contributed by atoms with Crippen LogP contribution in [-0.4, -0.2) is 49.4 Å². The van der Waals surface area contributed by atoms with Gasteiger partial charge in [0.1, 0.15) is 13.2 Å². The number of para-hydroxylation sites is 1. The minimum Gasteiger partial charge on any atom is -0.481 e. The Bertz CT molecular complexity index is 995. The van der Waals surface area contributed by atoms with Gasteiger partial charge in [-0.3, -0.25) is 9.59 Å². The highest BCUT2D eigenvalue weighted by Gasteiger charge is 2.30. The second-order valence-electron chi connectivity index (χ2n) is 7.32. The van der Waals surface area contributed by atoms with Gasteiger partial charge in [-0.25, -0.2) is 4.79 Å². The number of esters is 2. The van der Waals surface area contributed by atoms with E-state index in [-0.39, 0.29) is 56.2 Å². The van der Waals surface area contributed by atoms with Crippen molar-refractivity contribution in [2.24, 2.45) is 0 Å². The maximum Gasteiger partial charge on any atom is 0.416 e. The highest BCUT2D eigenvalue weighted by atomic mass is 19.4. The van der Waals surface area contributed by atoms with E-state index in [1.54, 1.807) is 18.2 Å². The van der Waals surface area contributed by atoms with E-state index < -0.39 is 29.6 Å². The van der Waals surface area contributed by atoms with Gasteiger partial charge in [-0.15, -0.1) is 0 Å². The van der Waals surface area contributed by atoms with Crippen LogP contribution in [0, 0.1) is 0 Å². The van der Waals surface area contributed by atoms with E-state index in [0.29, 0.717) is 12.8 Å². The third-order valence-electron chi connectivity index (χ3n) is 4.59. The molecule has 0 aliphatic heterocycles. The quantitative estimate of drug-likeness (QED) is 0.283. The maximum atomic E-state index is 12.9. The monoisotopic (exact) mass is 497 g/mol. The number of unbranched alkanes of at least 4 members (excludes halogenated alkanes) is 1. The van der Waals surface area contributed by atoms with Crippen molar-refractivity contribution in [3.05, 3.63) is 59.7 Å². The first kappa shape index (κ1) is 27.6. The number of benzene rings is 2. The zero-order valence-corrected chi connectivity index (χ0v) is 18.8. The van der Waals surface area contributed by atoms with E-state index in [1.165, 1.54) is 18.2 Å². The molecule has 0 aliphatic carbocycles. The lowest BCUT2D eigenvalue weighted by Crippen LogP contribution is -2.15. The van der Waals surface area contributed by atoms with Gasteiger partial charge in [0.15, 0.2) is 0 Å². The summed E-state index contributed by atoms with van der Waals surface area (Å²) in [6, 6.07) is 10.9. The Morgan fingerprint density at radius 2 is 1.54 bits per heavy atom. The minimum atomic E-state index is -4.49. The highest BCUT2D eigenvalue weighted by Crippen LogP contribution is 2.32. The molecular weight excluding hydrogens is 471 g/mol. The number of aliphatic carboxylic acids is 1. The van der Waals surface area contributed by atoms with E-state index in [9.17, 15) is 27.6 Å². The molecule has 0 heterocycles. The van der Waals surface area contributed by atoms with Crippen LogP contribution in [0.1, 0.15) is 41.6 Å². The number of rotatable bonds is 14. The molecule has 2 rings (SSSR count). The minimum absolute atomic E-state index is 0.000886. The standard InChI is InChI=1S/C24H26F3NO7/c25-24(26,27)17-6-5-7-18(16-17)28-20-9-2-1-8-19(20)23(32)35-15-13-33-12-14-34-22(31)11-4-3-10-21(29)30/h1-2,5-9,16,28H,3-4,10-15H2,(H,29,30). The third kappa shape index (κ3) is 10.5. The largest absolute Gasteiger partial charge is 0.481 e. The lowest BCUT2D eigenvalue weighted by molar-refractivity contribution is -0.146. The van der Waals surface area contributed by atoms with Gasteiger partial charge in [-0.1, -0.05) is 18.2 Å². The Labute approximate surface area is 200 Å². The van der Waals surface area contributed by atoms with Crippen LogP contribution in [0.2, 0.25) is 0 Å². The number of hydrogen-bond acceptors (Lipinski definition) is 7. The van der Waals surface area contributed by atoms with Crippen molar-refractivity contribution in [2.45, 2.75) is 31.9 Å². The molecule has 0 atom stereocenters. The van der Waals surface area contributed by atoms with Crippen LogP contribution >= 0.6 is 0 Å². The average molecular weight is 497 g/mol. The molecule has 0 saturated heterocycles. The van der Waals surface area contributed by atoms with E-state index >= 15 is 0 Å². The van der Waals surface area contributed by atoms with Gasteiger partial charge in [0, 0.05) is 18.5 Å². The Kier molecular flexibility index (Phi) is 11.0. The molecule has 0 aliphatic rings. The van der Waals surface area contributed by atoms with Gasteiger partial charge in [0.25, 0.3) is 0 Å². The SMILES string of the molecule is O=C(O)CCCCC(=O)OCCOCCOC(=O)c1ccccc1Nc1cccc(C(F)(F)F)c1. The average Bonchev–Trinajstić information content (AvgIpc) is 2.81. The molecule has 190 valence electrons. The molecular formula is C24H26F3NO7. The number of carboxylic acid groups (broad SMARTS) is 1. The lowest BCUT2D eigenvalue weighted by atomic mass is 10.1. The van der Waals surface area contributed by atoms with Crippen LogP contribution in [0.5, 0.6) is 0 Å². The molecule has 0 spiro atoms. The normalized spacial score (nSPS) is 11.1. The molecule has 0 unspecified atom stereocenters. The van der Waals surface area contributed by atoms with E-state index in [2.05, 4.69) is 5.32 Å². The molecule has 0 amide bonds. The Balaban J connectivity index is 1.72. The molecule has 0 saturated carbocycles. The molecule has 35 heavy (non-hydrogen) atoms. The molecule has 0 bridgehead atoms. The van der Waals surface area contributed by atoms with Crippen molar-refractivity contribution < 1.29 is 46.9 Å². The zero-order valence-electron chi connectivity index (χ0n) is 18.8. The molecule has 0 aromatic heterocycles. The maximum absolute atomic E-state index is 12.9. The fraction of sp³-hybridized carbons (Fsp3) is 0.375. The van der Waals surface area contributed by atoms with Gasteiger partial charge in [0.2, 0.25) is 0 Å². The number of halogens is 3. The van der Waals surface area contributed by atoms with Crippen LogP contribution in [0.25, 0.3) is 0 Å².